The minimum absolute atomic E-state index is 0.0159. The first-order valence-corrected chi connectivity index (χ1v) is 9.78. The van der Waals surface area contributed by atoms with Crippen molar-refractivity contribution in [3.8, 4) is 5.75 Å². The number of ether oxygens (including phenoxy) is 1. The summed E-state index contributed by atoms with van der Waals surface area (Å²) in [6.07, 6.45) is 8.62. The molecule has 3 aromatic rings. The molecule has 0 spiro atoms. The Balaban J connectivity index is 1.50. The summed E-state index contributed by atoms with van der Waals surface area (Å²) in [5, 5.41) is 1.08. The lowest BCUT2D eigenvalue weighted by atomic mass is 9.86. The van der Waals surface area contributed by atoms with Crippen LogP contribution in [0.5, 0.6) is 5.75 Å². The highest BCUT2D eigenvalue weighted by Crippen LogP contribution is 2.32. The molecule has 1 aliphatic carbocycles. The number of fused-ring (bicyclic) bond motifs is 1. The van der Waals surface area contributed by atoms with Crippen molar-refractivity contribution < 1.29 is 9.53 Å². The molecule has 1 heterocycles. The molecule has 0 N–H and O–H groups in total. The van der Waals surface area contributed by atoms with Gasteiger partial charge in [0.2, 0.25) is 0 Å². The van der Waals surface area contributed by atoms with Crippen LogP contribution in [-0.2, 0) is 13.0 Å². The Hall–Kier alpha value is -2.56. The molecule has 6 heteroatoms. The number of carbonyl (C=O) groups is 1. The smallest absolute Gasteiger partial charge is 0.189 e. The Morgan fingerprint density at radius 2 is 1.96 bits per heavy atom. The summed E-state index contributed by atoms with van der Waals surface area (Å²) in [6, 6.07) is 11.0. The number of halogens is 2. The molecule has 0 fully saturated rings. The summed E-state index contributed by atoms with van der Waals surface area (Å²) < 4.78 is 7.78. The fraction of sp³-hybridized carbons (Fsp3) is 0.182. The van der Waals surface area contributed by atoms with Crippen LogP contribution in [0.25, 0.3) is 6.08 Å². The van der Waals surface area contributed by atoms with E-state index in [1.165, 1.54) is 0 Å². The molecule has 0 atom stereocenters. The summed E-state index contributed by atoms with van der Waals surface area (Å²) in [4.78, 5) is 16.9. The van der Waals surface area contributed by atoms with Gasteiger partial charge in [0.05, 0.1) is 12.9 Å². The van der Waals surface area contributed by atoms with Gasteiger partial charge in [-0.05, 0) is 54.8 Å². The van der Waals surface area contributed by atoms with Crippen LogP contribution in [0.2, 0.25) is 10.0 Å². The third-order valence-electron chi connectivity index (χ3n) is 4.77. The fourth-order valence-corrected chi connectivity index (χ4v) is 3.80. The number of ketones is 1. The Morgan fingerprint density at radius 1 is 1.14 bits per heavy atom. The molecule has 0 amide bonds. The third-order valence-corrected chi connectivity index (χ3v) is 5.43. The Bertz CT molecular complexity index is 1020. The van der Waals surface area contributed by atoms with Crippen LogP contribution < -0.4 is 4.74 Å². The van der Waals surface area contributed by atoms with Gasteiger partial charge in [-0.1, -0.05) is 29.3 Å². The number of hydrogen-bond donors (Lipinski definition) is 0. The molecular formula is C22H18Cl2N2O2. The Kier molecular flexibility index (Phi) is 5.51. The number of carbonyl (C=O) groups excluding carboxylic acids is 1. The summed E-state index contributed by atoms with van der Waals surface area (Å²) in [5.41, 5.74) is 3.13. The quantitative estimate of drug-likeness (QED) is 0.520. The van der Waals surface area contributed by atoms with Gasteiger partial charge in [0.15, 0.2) is 5.78 Å². The van der Waals surface area contributed by atoms with E-state index in [9.17, 15) is 4.79 Å². The third kappa shape index (κ3) is 3.98. The van der Waals surface area contributed by atoms with Crippen LogP contribution in [0.1, 0.15) is 27.9 Å². The van der Waals surface area contributed by atoms with E-state index in [4.69, 9.17) is 27.9 Å². The van der Waals surface area contributed by atoms with E-state index in [0.717, 1.165) is 29.9 Å². The zero-order valence-electron chi connectivity index (χ0n) is 15.1. The standard InChI is InChI=1S/C22H18Cl2N2O2/c23-20-2-1-3-21(24)19(20)13-16-5-4-15-12-17(6-7-18(15)22(16)27)28-11-10-26-9-8-25-14-26/h1-3,6-9,12-14H,4-5,10-11H2. The summed E-state index contributed by atoms with van der Waals surface area (Å²) in [6.45, 7) is 1.26. The van der Waals surface area contributed by atoms with Gasteiger partial charge in [0, 0.05) is 39.1 Å². The van der Waals surface area contributed by atoms with E-state index in [0.29, 0.717) is 34.2 Å². The molecule has 1 aliphatic rings. The lowest BCUT2D eigenvalue weighted by Gasteiger charge is -2.19. The van der Waals surface area contributed by atoms with E-state index in [1.54, 1.807) is 30.7 Å². The Morgan fingerprint density at radius 3 is 2.71 bits per heavy atom. The van der Waals surface area contributed by atoms with Gasteiger partial charge in [-0.3, -0.25) is 4.79 Å². The van der Waals surface area contributed by atoms with Gasteiger partial charge in [-0.2, -0.15) is 0 Å². The molecule has 1 aromatic heterocycles. The number of benzene rings is 2. The summed E-state index contributed by atoms with van der Waals surface area (Å²) in [5.74, 6) is 0.787. The van der Waals surface area contributed by atoms with E-state index >= 15 is 0 Å². The van der Waals surface area contributed by atoms with Crippen molar-refractivity contribution in [3.63, 3.8) is 0 Å². The average molecular weight is 413 g/mol. The van der Waals surface area contributed by atoms with Gasteiger partial charge in [-0.25, -0.2) is 4.98 Å². The second kappa shape index (κ2) is 8.21. The van der Waals surface area contributed by atoms with Gasteiger partial charge < -0.3 is 9.30 Å². The molecule has 2 aromatic carbocycles. The van der Waals surface area contributed by atoms with E-state index < -0.39 is 0 Å². The predicted octanol–water partition coefficient (Wildman–Crippen LogP) is 5.48. The number of Topliss-reactive ketones (excluding diaryl/α,β-unsaturated/α-hetero) is 1. The second-order valence-corrected chi connectivity index (χ2v) is 7.42. The van der Waals surface area contributed by atoms with Crippen molar-refractivity contribution in [1.29, 1.82) is 0 Å². The van der Waals surface area contributed by atoms with Crippen molar-refractivity contribution in [3.05, 3.63) is 87.4 Å². The van der Waals surface area contributed by atoms with Crippen LogP contribution in [0.3, 0.4) is 0 Å². The van der Waals surface area contributed by atoms with Crippen LogP contribution in [0, 0.1) is 0 Å². The highest BCUT2D eigenvalue weighted by atomic mass is 35.5. The monoisotopic (exact) mass is 412 g/mol. The Labute approximate surface area is 173 Å². The molecule has 0 bridgehead atoms. The normalized spacial score (nSPS) is 14.9. The maximum Gasteiger partial charge on any atom is 0.189 e. The second-order valence-electron chi connectivity index (χ2n) is 6.60. The van der Waals surface area contributed by atoms with Gasteiger partial charge in [0.1, 0.15) is 12.4 Å². The van der Waals surface area contributed by atoms with E-state index in [1.807, 2.05) is 35.0 Å². The number of hydrogen-bond acceptors (Lipinski definition) is 3. The lowest BCUT2D eigenvalue weighted by molar-refractivity contribution is 0.102. The molecule has 0 unspecified atom stereocenters. The molecule has 28 heavy (non-hydrogen) atoms. The van der Waals surface area contributed by atoms with E-state index in [-0.39, 0.29) is 5.78 Å². The number of aryl methyl sites for hydroxylation is 1. The first-order valence-electron chi connectivity index (χ1n) is 9.02. The van der Waals surface area contributed by atoms with Crippen molar-refractivity contribution in [1.82, 2.24) is 9.55 Å². The van der Waals surface area contributed by atoms with Gasteiger partial charge in [0.25, 0.3) is 0 Å². The molecular weight excluding hydrogens is 395 g/mol. The minimum atomic E-state index is 0.0159. The van der Waals surface area contributed by atoms with Crippen LogP contribution in [0.4, 0.5) is 0 Å². The highest BCUT2D eigenvalue weighted by molar-refractivity contribution is 6.37. The first kappa shape index (κ1) is 18.8. The topological polar surface area (TPSA) is 44.1 Å². The number of allylic oxidation sites excluding steroid dienone is 1. The number of aromatic nitrogens is 2. The molecule has 0 radical (unpaired) electrons. The van der Waals surface area contributed by atoms with Crippen molar-refractivity contribution >= 4 is 35.1 Å². The van der Waals surface area contributed by atoms with Crippen LogP contribution in [-0.4, -0.2) is 21.9 Å². The lowest BCUT2D eigenvalue weighted by Crippen LogP contribution is -2.14. The average Bonchev–Trinajstić information content (AvgIpc) is 3.20. The van der Waals surface area contributed by atoms with Crippen molar-refractivity contribution in [2.75, 3.05) is 6.61 Å². The molecule has 4 nitrogen and oxygen atoms in total. The van der Waals surface area contributed by atoms with Gasteiger partial charge >= 0.3 is 0 Å². The highest BCUT2D eigenvalue weighted by Gasteiger charge is 2.23. The largest absolute Gasteiger partial charge is 0.492 e. The molecule has 0 saturated carbocycles. The van der Waals surface area contributed by atoms with Crippen molar-refractivity contribution in [2.45, 2.75) is 19.4 Å². The number of nitrogens with zero attached hydrogens (tertiary/aromatic N) is 2. The SMILES string of the molecule is O=C1C(=Cc2c(Cl)cccc2Cl)CCc2cc(OCCn3ccnc3)ccc21. The van der Waals surface area contributed by atoms with Crippen molar-refractivity contribution in [2.24, 2.45) is 0 Å². The number of imidazole rings is 1. The first-order chi connectivity index (χ1) is 13.6. The molecule has 0 aliphatic heterocycles. The summed E-state index contributed by atoms with van der Waals surface area (Å²) >= 11 is 12.5. The maximum atomic E-state index is 12.9. The maximum absolute atomic E-state index is 12.9. The number of rotatable bonds is 5. The van der Waals surface area contributed by atoms with Crippen LogP contribution in [0.15, 0.2) is 60.7 Å². The molecule has 4 rings (SSSR count). The minimum Gasteiger partial charge on any atom is -0.492 e. The van der Waals surface area contributed by atoms with Gasteiger partial charge in [-0.15, -0.1) is 0 Å². The fourth-order valence-electron chi connectivity index (χ4n) is 3.29. The molecule has 0 saturated heterocycles. The summed E-state index contributed by atoms with van der Waals surface area (Å²) in [7, 11) is 0. The predicted molar refractivity (Wildman–Crippen MR) is 111 cm³/mol. The van der Waals surface area contributed by atoms with Crippen LogP contribution >= 0.6 is 23.2 Å². The zero-order valence-corrected chi connectivity index (χ0v) is 16.6. The van der Waals surface area contributed by atoms with E-state index in [2.05, 4.69) is 4.98 Å². The zero-order chi connectivity index (χ0) is 19.5. The molecule has 142 valence electrons.